The second-order valence-corrected chi connectivity index (χ2v) is 5.36. The fourth-order valence-corrected chi connectivity index (χ4v) is 2.41. The van der Waals surface area contributed by atoms with Gasteiger partial charge in [-0.3, -0.25) is 4.98 Å². The number of nitrogens with zero attached hydrogens (tertiary/aromatic N) is 3. The molecule has 0 amide bonds. The Morgan fingerprint density at radius 2 is 2.05 bits per heavy atom. The molecule has 0 spiro atoms. The first kappa shape index (κ1) is 13.0. The van der Waals surface area contributed by atoms with Crippen molar-refractivity contribution in [3.63, 3.8) is 0 Å². The molecule has 0 aliphatic carbocycles. The quantitative estimate of drug-likeness (QED) is 0.777. The maximum Gasteiger partial charge on any atom is 0.163 e. The molecule has 0 atom stereocenters. The van der Waals surface area contributed by atoms with Gasteiger partial charge in [-0.2, -0.15) is 0 Å². The molecule has 0 unspecified atom stereocenters. The van der Waals surface area contributed by atoms with Gasteiger partial charge in [-0.15, -0.1) is 0 Å². The number of rotatable bonds is 2. The Labute approximate surface area is 125 Å². The summed E-state index contributed by atoms with van der Waals surface area (Å²) in [5.74, 6) is 1.49. The Kier molecular flexibility index (Phi) is 3.36. The molecule has 2 heterocycles. The number of hydrogen-bond acceptors (Lipinski definition) is 4. The molecule has 2 aromatic heterocycles. The molecule has 5 heteroatoms. The summed E-state index contributed by atoms with van der Waals surface area (Å²) >= 11 is 3.55. The SMILES string of the molecule is CNc1nc(-c2cccnc2)nc2cc(C)c(Br)cc12. The largest absolute Gasteiger partial charge is 0.373 e. The van der Waals surface area contributed by atoms with Crippen LogP contribution in [-0.4, -0.2) is 22.0 Å². The van der Waals surface area contributed by atoms with Crippen molar-refractivity contribution in [1.82, 2.24) is 15.0 Å². The van der Waals surface area contributed by atoms with Gasteiger partial charge < -0.3 is 5.32 Å². The Balaban J connectivity index is 2.29. The van der Waals surface area contributed by atoms with Gasteiger partial charge in [-0.25, -0.2) is 9.97 Å². The molecule has 20 heavy (non-hydrogen) atoms. The number of benzene rings is 1. The van der Waals surface area contributed by atoms with E-state index in [0.717, 1.165) is 32.3 Å². The van der Waals surface area contributed by atoms with Crippen LogP contribution >= 0.6 is 15.9 Å². The van der Waals surface area contributed by atoms with E-state index in [1.807, 2.05) is 25.2 Å². The van der Waals surface area contributed by atoms with Gasteiger partial charge in [0.15, 0.2) is 5.82 Å². The van der Waals surface area contributed by atoms with Crippen molar-refractivity contribution in [2.45, 2.75) is 6.92 Å². The number of hydrogen-bond donors (Lipinski definition) is 1. The lowest BCUT2D eigenvalue weighted by Gasteiger charge is -2.09. The zero-order valence-electron chi connectivity index (χ0n) is 11.2. The lowest BCUT2D eigenvalue weighted by atomic mass is 10.1. The van der Waals surface area contributed by atoms with Crippen LogP contribution in [0.2, 0.25) is 0 Å². The molecule has 0 aliphatic rings. The molecule has 1 aromatic carbocycles. The number of fused-ring (bicyclic) bond motifs is 1. The standard InChI is InChI=1S/C15H13BrN4/c1-9-6-13-11(7-12(9)16)15(17-2)20-14(19-13)10-4-3-5-18-8-10/h3-8H,1-2H3,(H,17,19,20). The molecule has 0 fully saturated rings. The number of halogens is 1. The lowest BCUT2D eigenvalue weighted by Crippen LogP contribution is -1.99. The van der Waals surface area contributed by atoms with Gasteiger partial charge in [-0.1, -0.05) is 15.9 Å². The average Bonchev–Trinajstić information content (AvgIpc) is 2.48. The maximum atomic E-state index is 4.64. The number of aryl methyl sites for hydroxylation is 1. The van der Waals surface area contributed by atoms with E-state index in [9.17, 15) is 0 Å². The molecule has 0 bridgehead atoms. The summed E-state index contributed by atoms with van der Waals surface area (Å²) in [5.41, 5.74) is 2.98. The van der Waals surface area contributed by atoms with Crippen molar-refractivity contribution >= 4 is 32.7 Å². The highest BCUT2D eigenvalue weighted by atomic mass is 79.9. The normalized spacial score (nSPS) is 10.8. The third-order valence-electron chi connectivity index (χ3n) is 3.13. The fourth-order valence-electron chi connectivity index (χ4n) is 2.07. The molecule has 1 N–H and O–H groups in total. The lowest BCUT2D eigenvalue weighted by molar-refractivity contribution is 1.19. The average molecular weight is 329 g/mol. The van der Waals surface area contributed by atoms with E-state index < -0.39 is 0 Å². The highest BCUT2D eigenvalue weighted by Crippen LogP contribution is 2.29. The topological polar surface area (TPSA) is 50.7 Å². The van der Waals surface area contributed by atoms with Gasteiger partial charge >= 0.3 is 0 Å². The number of nitrogens with one attached hydrogen (secondary N) is 1. The minimum absolute atomic E-state index is 0.677. The van der Waals surface area contributed by atoms with Crippen LogP contribution in [0, 0.1) is 6.92 Å². The summed E-state index contributed by atoms with van der Waals surface area (Å²) in [6.07, 6.45) is 3.51. The van der Waals surface area contributed by atoms with Crippen molar-refractivity contribution in [1.29, 1.82) is 0 Å². The summed E-state index contributed by atoms with van der Waals surface area (Å²) in [6.45, 7) is 2.05. The minimum atomic E-state index is 0.677. The van der Waals surface area contributed by atoms with Gasteiger partial charge in [-0.05, 0) is 36.8 Å². The van der Waals surface area contributed by atoms with E-state index in [4.69, 9.17) is 0 Å². The van der Waals surface area contributed by atoms with E-state index in [2.05, 4.69) is 49.2 Å². The Morgan fingerprint density at radius 3 is 2.75 bits per heavy atom. The van der Waals surface area contributed by atoms with Gasteiger partial charge in [0, 0.05) is 34.9 Å². The maximum absolute atomic E-state index is 4.64. The highest BCUT2D eigenvalue weighted by molar-refractivity contribution is 9.10. The second kappa shape index (κ2) is 5.17. The Hall–Kier alpha value is -2.01. The van der Waals surface area contributed by atoms with E-state index in [0.29, 0.717) is 5.82 Å². The first-order chi connectivity index (χ1) is 9.69. The molecule has 4 nitrogen and oxygen atoms in total. The zero-order valence-corrected chi connectivity index (χ0v) is 12.8. The molecule has 3 rings (SSSR count). The summed E-state index contributed by atoms with van der Waals surface area (Å²) in [6, 6.07) is 7.94. The van der Waals surface area contributed by atoms with Crippen LogP contribution in [0.15, 0.2) is 41.1 Å². The zero-order chi connectivity index (χ0) is 14.1. The Bertz CT molecular complexity index is 772. The molecule has 0 saturated carbocycles. The molecule has 0 saturated heterocycles. The van der Waals surface area contributed by atoms with Crippen LogP contribution in [0.5, 0.6) is 0 Å². The molecule has 3 aromatic rings. The van der Waals surface area contributed by atoms with Crippen LogP contribution in [0.1, 0.15) is 5.56 Å². The second-order valence-electron chi connectivity index (χ2n) is 4.51. The van der Waals surface area contributed by atoms with Gasteiger partial charge in [0.25, 0.3) is 0 Å². The summed E-state index contributed by atoms with van der Waals surface area (Å²) in [4.78, 5) is 13.3. The molecular formula is C15H13BrN4. The van der Waals surface area contributed by atoms with Crippen molar-refractivity contribution in [3.8, 4) is 11.4 Å². The smallest absolute Gasteiger partial charge is 0.163 e. The number of aromatic nitrogens is 3. The van der Waals surface area contributed by atoms with E-state index in [1.54, 1.807) is 12.4 Å². The predicted molar refractivity (Wildman–Crippen MR) is 84.8 cm³/mol. The third-order valence-corrected chi connectivity index (χ3v) is 3.99. The van der Waals surface area contributed by atoms with Crippen LogP contribution in [0.4, 0.5) is 5.82 Å². The van der Waals surface area contributed by atoms with Gasteiger partial charge in [0.1, 0.15) is 5.82 Å². The predicted octanol–water partition coefficient (Wildman–Crippen LogP) is 3.80. The first-order valence-corrected chi connectivity index (χ1v) is 7.04. The van der Waals surface area contributed by atoms with Crippen molar-refractivity contribution in [3.05, 3.63) is 46.7 Å². The highest BCUT2D eigenvalue weighted by Gasteiger charge is 2.10. The first-order valence-electron chi connectivity index (χ1n) is 6.25. The van der Waals surface area contributed by atoms with E-state index in [-0.39, 0.29) is 0 Å². The molecule has 0 aliphatic heterocycles. The summed E-state index contributed by atoms with van der Waals surface area (Å²) in [5, 5.41) is 4.13. The van der Waals surface area contributed by atoms with Gasteiger partial charge in [0.2, 0.25) is 0 Å². The molecule has 100 valence electrons. The van der Waals surface area contributed by atoms with Crippen LogP contribution in [0.25, 0.3) is 22.3 Å². The molecule has 0 radical (unpaired) electrons. The number of pyridine rings is 1. The summed E-state index contributed by atoms with van der Waals surface area (Å²) < 4.78 is 1.05. The summed E-state index contributed by atoms with van der Waals surface area (Å²) in [7, 11) is 1.86. The fraction of sp³-hybridized carbons (Fsp3) is 0.133. The number of anilines is 1. The Morgan fingerprint density at radius 1 is 1.20 bits per heavy atom. The van der Waals surface area contributed by atoms with Crippen molar-refractivity contribution < 1.29 is 0 Å². The van der Waals surface area contributed by atoms with E-state index in [1.165, 1.54) is 0 Å². The third kappa shape index (κ3) is 2.25. The van der Waals surface area contributed by atoms with Crippen LogP contribution in [-0.2, 0) is 0 Å². The minimum Gasteiger partial charge on any atom is -0.373 e. The monoisotopic (exact) mass is 328 g/mol. The van der Waals surface area contributed by atoms with Crippen LogP contribution < -0.4 is 5.32 Å². The van der Waals surface area contributed by atoms with Crippen molar-refractivity contribution in [2.75, 3.05) is 12.4 Å². The van der Waals surface area contributed by atoms with Crippen LogP contribution in [0.3, 0.4) is 0 Å². The van der Waals surface area contributed by atoms with Gasteiger partial charge in [0.05, 0.1) is 5.52 Å². The molecular weight excluding hydrogens is 316 g/mol. The van der Waals surface area contributed by atoms with Crippen molar-refractivity contribution in [2.24, 2.45) is 0 Å². The van der Waals surface area contributed by atoms with E-state index >= 15 is 0 Å².